The molecule has 0 aliphatic heterocycles. The van der Waals surface area contributed by atoms with E-state index in [9.17, 15) is 0 Å². The fourth-order valence-electron chi connectivity index (χ4n) is 3.10. The Morgan fingerprint density at radius 1 is 1.21 bits per heavy atom. The van der Waals surface area contributed by atoms with Gasteiger partial charge >= 0.3 is 0 Å². The molecule has 2 aromatic rings. The Labute approximate surface area is 115 Å². The van der Waals surface area contributed by atoms with Gasteiger partial charge in [-0.2, -0.15) is 0 Å². The van der Waals surface area contributed by atoms with E-state index in [2.05, 4.69) is 41.5 Å². The minimum atomic E-state index is 0.693. The molecule has 0 amide bonds. The summed E-state index contributed by atoms with van der Waals surface area (Å²) >= 11 is 0. The van der Waals surface area contributed by atoms with Crippen LogP contribution in [0.5, 0.6) is 0 Å². The fourth-order valence-corrected chi connectivity index (χ4v) is 3.10. The van der Waals surface area contributed by atoms with E-state index in [0.717, 1.165) is 18.0 Å². The summed E-state index contributed by atoms with van der Waals surface area (Å²) in [6.45, 7) is 3.35. The molecule has 0 saturated heterocycles. The molecule has 0 bridgehead atoms. The predicted molar refractivity (Wildman–Crippen MR) is 80.0 cm³/mol. The van der Waals surface area contributed by atoms with Crippen molar-refractivity contribution in [3.05, 3.63) is 42.1 Å². The molecule has 1 heterocycles. The summed E-state index contributed by atoms with van der Waals surface area (Å²) in [5.41, 5.74) is 2.44. The summed E-state index contributed by atoms with van der Waals surface area (Å²) < 4.78 is 0. The van der Waals surface area contributed by atoms with E-state index in [1.54, 1.807) is 0 Å². The minimum Gasteiger partial charge on any atom is -0.310 e. The van der Waals surface area contributed by atoms with Crippen molar-refractivity contribution in [3.63, 3.8) is 0 Å². The van der Waals surface area contributed by atoms with Crippen LogP contribution in [0.2, 0.25) is 0 Å². The van der Waals surface area contributed by atoms with Gasteiger partial charge in [-0.25, -0.2) is 0 Å². The van der Waals surface area contributed by atoms with E-state index in [-0.39, 0.29) is 0 Å². The van der Waals surface area contributed by atoms with Crippen LogP contribution in [0.1, 0.15) is 38.2 Å². The van der Waals surface area contributed by atoms with Crippen LogP contribution in [0.15, 0.2) is 36.5 Å². The lowest BCUT2D eigenvalue weighted by Crippen LogP contribution is -2.36. The number of fused-ring (bicyclic) bond motifs is 1. The van der Waals surface area contributed by atoms with Crippen LogP contribution >= 0.6 is 0 Å². The predicted octanol–water partition coefficient (Wildman–Crippen LogP) is 3.90. The van der Waals surface area contributed by atoms with E-state index in [1.165, 1.54) is 36.6 Å². The molecule has 2 atom stereocenters. The number of nitrogens with zero attached hydrogens (tertiary/aromatic N) is 1. The first-order chi connectivity index (χ1) is 9.33. The van der Waals surface area contributed by atoms with Crippen molar-refractivity contribution in [2.45, 2.75) is 45.2 Å². The zero-order valence-electron chi connectivity index (χ0n) is 11.6. The normalized spacial score (nSPS) is 23.6. The second-order valence-electron chi connectivity index (χ2n) is 5.78. The van der Waals surface area contributed by atoms with Crippen LogP contribution in [0.25, 0.3) is 10.9 Å². The van der Waals surface area contributed by atoms with Crippen LogP contribution in [0.3, 0.4) is 0 Å². The minimum absolute atomic E-state index is 0.693. The number of aromatic nitrogens is 1. The molecule has 100 valence electrons. The summed E-state index contributed by atoms with van der Waals surface area (Å²) in [7, 11) is 0. The summed E-state index contributed by atoms with van der Waals surface area (Å²) in [5.74, 6) is 0.816. The molecular formula is C17H22N2. The molecule has 1 aromatic carbocycles. The second-order valence-corrected chi connectivity index (χ2v) is 5.78. The Kier molecular flexibility index (Phi) is 3.79. The number of hydrogen-bond donors (Lipinski definition) is 1. The first kappa shape index (κ1) is 12.6. The average Bonchev–Trinajstić information content (AvgIpc) is 2.46. The first-order valence-corrected chi connectivity index (χ1v) is 7.40. The van der Waals surface area contributed by atoms with Gasteiger partial charge in [0.15, 0.2) is 0 Å². The summed E-state index contributed by atoms with van der Waals surface area (Å²) in [4.78, 5) is 4.36. The fraction of sp³-hybridized carbons (Fsp3) is 0.471. The molecule has 1 aromatic heterocycles. The van der Waals surface area contributed by atoms with Crippen LogP contribution in [-0.2, 0) is 6.54 Å². The maximum absolute atomic E-state index is 4.36. The Morgan fingerprint density at radius 2 is 2.11 bits per heavy atom. The van der Waals surface area contributed by atoms with Crippen LogP contribution < -0.4 is 5.32 Å². The van der Waals surface area contributed by atoms with Gasteiger partial charge in [0.1, 0.15) is 0 Å². The highest BCUT2D eigenvalue weighted by molar-refractivity contribution is 5.78. The third-order valence-electron chi connectivity index (χ3n) is 4.35. The SMILES string of the molecule is CC1CCCCC1NCc1ccc2ncccc2c1. The molecule has 19 heavy (non-hydrogen) atoms. The zero-order valence-corrected chi connectivity index (χ0v) is 11.6. The third kappa shape index (κ3) is 2.95. The third-order valence-corrected chi connectivity index (χ3v) is 4.35. The Bertz CT molecular complexity index is 550. The van der Waals surface area contributed by atoms with E-state index in [0.29, 0.717) is 6.04 Å². The molecule has 2 nitrogen and oxygen atoms in total. The van der Waals surface area contributed by atoms with Crippen molar-refractivity contribution in [3.8, 4) is 0 Å². The van der Waals surface area contributed by atoms with Crippen LogP contribution in [0.4, 0.5) is 0 Å². The maximum atomic E-state index is 4.36. The summed E-state index contributed by atoms with van der Waals surface area (Å²) in [6, 6.07) is 11.4. The molecule has 1 aliphatic carbocycles. The highest BCUT2D eigenvalue weighted by Gasteiger charge is 2.20. The second kappa shape index (κ2) is 5.70. The number of pyridine rings is 1. The van der Waals surface area contributed by atoms with Crippen molar-refractivity contribution < 1.29 is 0 Å². The largest absolute Gasteiger partial charge is 0.310 e. The van der Waals surface area contributed by atoms with Crippen molar-refractivity contribution in [2.75, 3.05) is 0 Å². The molecule has 1 fully saturated rings. The lowest BCUT2D eigenvalue weighted by Gasteiger charge is -2.29. The number of hydrogen-bond acceptors (Lipinski definition) is 2. The van der Waals surface area contributed by atoms with Gasteiger partial charge in [-0.05, 0) is 42.5 Å². The molecule has 3 rings (SSSR count). The highest BCUT2D eigenvalue weighted by atomic mass is 14.9. The summed E-state index contributed by atoms with van der Waals surface area (Å²) in [6.07, 6.45) is 7.34. The molecule has 1 aliphatic rings. The van der Waals surface area contributed by atoms with Gasteiger partial charge < -0.3 is 5.32 Å². The monoisotopic (exact) mass is 254 g/mol. The van der Waals surface area contributed by atoms with Gasteiger partial charge in [-0.3, -0.25) is 4.98 Å². The van der Waals surface area contributed by atoms with Gasteiger partial charge in [-0.15, -0.1) is 0 Å². The quantitative estimate of drug-likeness (QED) is 0.898. The van der Waals surface area contributed by atoms with Gasteiger partial charge in [-0.1, -0.05) is 31.9 Å². The molecule has 1 N–H and O–H groups in total. The number of rotatable bonds is 3. The molecule has 2 heteroatoms. The first-order valence-electron chi connectivity index (χ1n) is 7.40. The maximum Gasteiger partial charge on any atom is 0.0702 e. The number of benzene rings is 1. The van der Waals surface area contributed by atoms with Crippen molar-refractivity contribution in [2.24, 2.45) is 5.92 Å². The molecule has 0 radical (unpaired) electrons. The number of nitrogens with one attached hydrogen (secondary N) is 1. The van der Waals surface area contributed by atoms with E-state index >= 15 is 0 Å². The van der Waals surface area contributed by atoms with Gasteiger partial charge in [0, 0.05) is 24.2 Å². The topological polar surface area (TPSA) is 24.9 Å². The van der Waals surface area contributed by atoms with Crippen LogP contribution in [-0.4, -0.2) is 11.0 Å². The van der Waals surface area contributed by atoms with Gasteiger partial charge in [0.05, 0.1) is 5.52 Å². The molecular weight excluding hydrogens is 232 g/mol. The van der Waals surface area contributed by atoms with E-state index in [4.69, 9.17) is 0 Å². The highest BCUT2D eigenvalue weighted by Crippen LogP contribution is 2.24. The lowest BCUT2D eigenvalue weighted by molar-refractivity contribution is 0.279. The lowest BCUT2D eigenvalue weighted by atomic mass is 9.86. The van der Waals surface area contributed by atoms with Gasteiger partial charge in [0.2, 0.25) is 0 Å². The Balaban J connectivity index is 1.67. The standard InChI is InChI=1S/C17H22N2/c1-13-5-2-3-7-16(13)19-12-14-8-9-17-15(11-14)6-4-10-18-17/h4,6,8-11,13,16,19H,2-3,5,7,12H2,1H3. The molecule has 2 unspecified atom stereocenters. The smallest absolute Gasteiger partial charge is 0.0702 e. The van der Waals surface area contributed by atoms with Crippen molar-refractivity contribution in [1.29, 1.82) is 0 Å². The van der Waals surface area contributed by atoms with E-state index < -0.39 is 0 Å². The Hall–Kier alpha value is -1.41. The van der Waals surface area contributed by atoms with Crippen molar-refractivity contribution >= 4 is 10.9 Å². The average molecular weight is 254 g/mol. The zero-order chi connectivity index (χ0) is 13.1. The van der Waals surface area contributed by atoms with E-state index in [1.807, 2.05) is 12.3 Å². The molecule has 0 spiro atoms. The van der Waals surface area contributed by atoms with Gasteiger partial charge in [0.25, 0.3) is 0 Å². The molecule has 1 saturated carbocycles. The Morgan fingerprint density at radius 3 is 3.00 bits per heavy atom. The van der Waals surface area contributed by atoms with Crippen molar-refractivity contribution in [1.82, 2.24) is 10.3 Å². The summed E-state index contributed by atoms with van der Waals surface area (Å²) in [5, 5.41) is 4.97. The van der Waals surface area contributed by atoms with Crippen LogP contribution in [0, 0.1) is 5.92 Å².